The number of ether oxygens (including phenoxy) is 2. The van der Waals surface area contributed by atoms with E-state index in [4.69, 9.17) is 0 Å². The zero-order valence-electron chi connectivity index (χ0n) is 8.91. The molecule has 2 atom stereocenters. The van der Waals surface area contributed by atoms with Crippen LogP contribution in [0.1, 0.15) is 27.7 Å². The summed E-state index contributed by atoms with van der Waals surface area (Å²) in [5.41, 5.74) is 0. The van der Waals surface area contributed by atoms with Gasteiger partial charge in [0.05, 0.1) is 0 Å². The van der Waals surface area contributed by atoms with Crippen LogP contribution < -0.4 is 10.2 Å². The van der Waals surface area contributed by atoms with E-state index in [-0.39, 0.29) is 19.5 Å². The molecule has 0 aliphatic carbocycles. The first-order chi connectivity index (χ1) is 5.54. The van der Waals surface area contributed by atoms with E-state index in [0.29, 0.717) is 13.2 Å². The molecule has 0 aliphatic heterocycles. The summed E-state index contributed by atoms with van der Waals surface area (Å²) >= 11 is 0. The van der Waals surface area contributed by atoms with Crippen LogP contribution in [-0.2, 0) is 29.0 Å². The van der Waals surface area contributed by atoms with Crippen molar-refractivity contribution in [3.05, 3.63) is 0 Å². The molecular formula is C8H18O4Zn. The maximum atomic E-state index is 9.90. The Bertz CT molecular complexity index is 68.5. The van der Waals surface area contributed by atoms with Crippen LogP contribution in [0.25, 0.3) is 0 Å². The van der Waals surface area contributed by atoms with Crippen molar-refractivity contribution in [1.82, 2.24) is 0 Å². The fourth-order valence-corrected chi connectivity index (χ4v) is 0.469. The van der Waals surface area contributed by atoms with Gasteiger partial charge >= 0.3 is 19.5 Å². The summed E-state index contributed by atoms with van der Waals surface area (Å²) in [6, 6.07) is 0. The molecule has 0 amide bonds. The molecule has 0 N–H and O–H groups in total. The van der Waals surface area contributed by atoms with E-state index in [1.54, 1.807) is 13.8 Å². The first-order valence-corrected chi connectivity index (χ1v) is 4.09. The molecule has 5 heteroatoms. The summed E-state index contributed by atoms with van der Waals surface area (Å²) in [6.45, 7) is 7.59. The number of rotatable bonds is 4. The normalized spacial score (nSPS) is 13.4. The summed E-state index contributed by atoms with van der Waals surface area (Å²) in [4.78, 5) is 0. The van der Waals surface area contributed by atoms with Crippen LogP contribution >= 0.6 is 0 Å². The molecule has 4 nitrogen and oxygen atoms in total. The van der Waals surface area contributed by atoms with Crippen LogP contribution in [-0.4, -0.2) is 25.8 Å². The number of hydrogen-bond acceptors (Lipinski definition) is 4. The maximum Gasteiger partial charge on any atom is 2.00 e. The van der Waals surface area contributed by atoms with Crippen LogP contribution in [0.4, 0.5) is 0 Å². The van der Waals surface area contributed by atoms with Gasteiger partial charge in [0.1, 0.15) is 0 Å². The van der Waals surface area contributed by atoms with E-state index >= 15 is 0 Å². The van der Waals surface area contributed by atoms with Crippen LogP contribution in [0.2, 0.25) is 0 Å². The molecule has 0 radical (unpaired) electrons. The minimum atomic E-state index is -0.852. The summed E-state index contributed by atoms with van der Waals surface area (Å²) in [7, 11) is 0. The molecule has 0 aromatic heterocycles. The van der Waals surface area contributed by atoms with Crippen LogP contribution in [0, 0.1) is 0 Å². The fourth-order valence-electron chi connectivity index (χ4n) is 0.469. The zero-order valence-corrected chi connectivity index (χ0v) is 11.9. The van der Waals surface area contributed by atoms with Crippen molar-refractivity contribution >= 4 is 0 Å². The second kappa shape index (κ2) is 15.0. The Labute approximate surface area is 93.0 Å². The van der Waals surface area contributed by atoms with E-state index < -0.39 is 12.6 Å². The standard InChI is InChI=1S/2C4H9O2.Zn/c2*1-3-6-4(2)5;/h2*4H,3H2,1-2H3;/q2*-1;+2. The van der Waals surface area contributed by atoms with E-state index in [9.17, 15) is 10.2 Å². The van der Waals surface area contributed by atoms with Gasteiger partial charge in [-0.1, -0.05) is 13.8 Å². The molecular weight excluding hydrogens is 225 g/mol. The van der Waals surface area contributed by atoms with Gasteiger partial charge in [0.25, 0.3) is 0 Å². The van der Waals surface area contributed by atoms with Gasteiger partial charge in [-0.2, -0.15) is 0 Å². The predicted molar refractivity (Wildman–Crippen MR) is 42.2 cm³/mol. The average Bonchev–Trinajstić information content (AvgIpc) is 1.87. The molecule has 0 spiro atoms. The van der Waals surface area contributed by atoms with Gasteiger partial charge in [0, 0.05) is 13.2 Å². The van der Waals surface area contributed by atoms with Crippen molar-refractivity contribution in [3.8, 4) is 0 Å². The van der Waals surface area contributed by atoms with E-state index in [1.807, 2.05) is 0 Å². The molecule has 76 valence electrons. The third kappa shape index (κ3) is 32.7. The first kappa shape index (κ1) is 19.1. The molecule has 0 bridgehead atoms. The third-order valence-corrected chi connectivity index (χ3v) is 0.803. The molecule has 0 aromatic rings. The van der Waals surface area contributed by atoms with Crippen molar-refractivity contribution in [2.45, 2.75) is 40.3 Å². The minimum Gasteiger partial charge on any atom is -0.831 e. The summed E-state index contributed by atoms with van der Waals surface area (Å²) in [5.74, 6) is 0. The Kier molecular flexibility index (Phi) is 22.0. The summed E-state index contributed by atoms with van der Waals surface area (Å²) in [6.07, 6.45) is -1.70. The van der Waals surface area contributed by atoms with Crippen molar-refractivity contribution in [3.63, 3.8) is 0 Å². The molecule has 0 heterocycles. The smallest absolute Gasteiger partial charge is 0.831 e. The minimum absolute atomic E-state index is 0. The van der Waals surface area contributed by atoms with Gasteiger partial charge in [0.15, 0.2) is 0 Å². The molecule has 13 heavy (non-hydrogen) atoms. The van der Waals surface area contributed by atoms with Gasteiger partial charge < -0.3 is 19.7 Å². The van der Waals surface area contributed by atoms with Crippen molar-refractivity contribution in [2.75, 3.05) is 13.2 Å². The van der Waals surface area contributed by atoms with Gasteiger partial charge in [-0.15, -0.1) is 0 Å². The SMILES string of the molecule is CCOC(C)[O-].CCOC(C)[O-].[Zn+2]. The van der Waals surface area contributed by atoms with Gasteiger partial charge in [-0.05, 0) is 26.4 Å². The van der Waals surface area contributed by atoms with Gasteiger partial charge in [-0.3, -0.25) is 0 Å². The average molecular weight is 244 g/mol. The Morgan fingerprint density at radius 3 is 1.15 bits per heavy atom. The molecule has 2 unspecified atom stereocenters. The second-order valence-electron chi connectivity index (χ2n) is 2.05. The molecule has 0 aromatic carbocycles. The Hall–Kier alpha value is 0.463. The topological polar surface area (TPSA) is 64.6 Å². The second-order valence-corrected chi connectivity index (χ2v) is 2.05. The molecule has 0 rings (SSSR count). The molecule has 0 fully saturated rings. The molecule has 0 saturated heterocycles. The van der Waals surface area contributed by atoms with Crippen LogP contribution in [0.15, 0.2) is 0 Å². The van der Waals surface area contributed by atoms with Crippen molar-refractivity contribution < 1.29 is 39.2 Å². The van der Waals surface area contributed by atoms with E-state index in [1.165, 1.54) is 13.8 Å². The van der Waals surface area contributed by atoms with Crippen LogP contribution in [0.5, 0.6) is 0 Å². The van der Waals surface area contributed by atoms with Gasteiger partial charge in [-0.25, -0.2) is 0 Å². The van der Waals surface area contributed by atoms with Crippen LogP contribution in [0.3, 0.4) is 0 Å². The third-order valence-electron chi connectivity index (χ3n) is 0.803. The van der Waals surface area contributed by atoms with E-state index in [0.717, 1.165) is 0 Å². The zero-order chi connectivity index (χ0) is 9.98. The maximum absolute atomic E-state index is 9.90. The molecule has 0 saturated carbocycles. The van der Waals surface area contributed by atoms with Gasteiger partial charge in [0.2, 0.25) is 0 Å². The van der Waals surface area contributed by atoms with E-state index in [2.05, 4.69) is 9.47 Å². The van der Waals surface area contributed by atoms with Crippen molar-refractivity contribution in [2.24, 2.45) is 0 Å². The Morgan fingerprint density at radius 1 is 0.923 bits per heavy atom. The first-order valence-electron chi connectivity index (χ1n) is 4.09. The monoisotopic (exact) mass is 242 g/mol. The summed E-state index contributed by atoms with van der Waals surface area (Å²) in [5, 5.41) is 19.8. The Balaban J connectivity index is -0.000000143. The fraction of sp³-hybridized carbons (Fsp3) is 1.00. The largest absolute Gasteiger partial charge is 2.00 e. The summed E-state index contributed by atoms with van der Waals surface area (Å²) < 4.78 is 8.97. The number of hydrogen-bond donors (Lipinski definition) is 0. The Morgan fingerprint density at radius 2 is 1.15 bits per heavy atom. The van der Waals surface area contributed by atoms with Crippen molar-refractivity contribution in [1.29, 1.82) is 0 Å². The quantitative estimate of drug-likeness (QED) is 0.491. The molecule has 0 aliphatic rings. The predicted octanol–water partition coefficient (Wildman–Crippen LogP) is -0.544.